The highest BCUT2D eigenvalue weighted by atomic mass is 32.1. The lowest BCUT2D eigenvalue weighted by atomic mass is 10.1. The van der Waals surface area contributed by atoms with Crippen LogP contribution in [-0.4, -0.2) is 17.0 Å². The second kappa shape index (κ2) is 6.96. The topological polar surface area (TPSA) is 66.4 Å². The molecule has 18 heavy (non-hydrogen) atoms. The maximum atomic E-state index is 11.6. The van der Waals surface area contributed by atoms with E-state index >= 15 is 0 Å². The Morgan fingerprint density at radius 2 is 2.28 bits per heavy atom. The number of amides is 1. The first-order chi connectivity index (χ1) is 8.54. The van der Waals surface area contributed by atoms with Gasteiger partial charge in [-0.3, -0.25) is 4.79 Å². The molecule has 98 valence electrons. The summed E-state index contributed by atoms with van der Waals surface area (Å²) in [4.78, 5) is 23.0. The van der Waals surface area contributed by atoms with E-state index in [1.165, 1.54) is 11.3 Å². The minimum Gasteiger partial charge on any atom is -0.478 e. The Balaban J connectivity index is 2.61. The van der Waals surface area contributed by atoms with Crippen molar-refractivity contribution >= 4 is 29.3 Å². The Kier molecular flexibility index (Phi) is 5.58. The summed E-state index contributed by atoms with van der Waals surface area (Å²) in [6, 6.07) is 1.84. The van der Waals surface area contributed by atoms with Crippen molar-refractivity contribution in [2.24, 2.45) is 5.92 Å². The zero-order valence-electron chi connectivity index (χ0n) is 10.5. The van der Waals surface area contributed by atoms with E-state index in [2.05, 4.69) is 5.32 Å². The van der Waals surface area contributed by atoms with Crippen LogP contribution >= 0.6 is 11.3 Å². The van der Waals surface area contributed by atoms with Crippen molar-refractivity contribution in [3.8, 4) is 0 Å². The molecule has 1 aromatic heterocycles. The van der Waals surface area contributed by atoms with Gasteiger partial charge in [0.25, 0.3) is 0 Å². The lowest BCUT2D eigenvalue weighted by molar-refractivity contribution is -0.131. The van der Waals surface area contributed by atoms with E-state index in [0.29, 0.717) is 6.54 Å². The molecule has 0 saturated carbocycles. The number of thiophene rings is 1. The lowest BCUT2D eigenvalue weighted by Gasteiger charge is -2.09. The Hall–Kier alpha value is -1.62. The highest BCUT2D eigenvalue weighted by Gasteiger charge is 2.10. The smallest absolute Gasteiger partial charge is 0.328 e. The van der Waals surface area contributed by atoms with E-state index in [-0.39, 0.29) is 11.8 Å². The first kappa shape index (κ1) is 14.4. The zero-order valence-corrected chi connectivity index (χ0v) is 11.3. The van der Waals surface area contributed by atoms with Crippen LogP contribution in [0.15, 0.2) is 17.5 Å². The molecular weight excluding hydrogens is 250 g/mol. The van der Waals surface area contributed by atoms with Crippen molar-refractivity contribution in [1.29, 1.82) is 0 Å². The molecule has 1 heterocycles. The SMILES string of the molecule is CCC(C)C(=O)NCc1sccc1C=CC(=O)O. The predicted molar refractivity (Wildman–Crippen MR) is 72.3 cm³/mol. The molecule has 0 aliphatic rings. The fourth-order valence-electron chi connectivity index (χ4n) is 1.33. The summed E-state index contributed by atoms with van der Waals surface area (Å²) in [5, 5.41) is 13.3. The largest absolute Gasteiger partial charge is 0.478 e. The standard InChI is InChI=1S/C13H17NO3S/c1-3-9(2)13(17)14-8-11-10(6-7-18-11)4-5-12(15)16/h4-7,9H,3,8H2,1-2H3,(H,14,17)(H,15,16). The number of hydrogen-bond acceptors (Lipinski definition) is 3. The highest BCUT2D eigenvalue weighted by Crippen LogP contribution is 2.18. The maximum Gasteiger partial charge on any atom is 0.328 e. The van der Waals surface area contributed by atoms with Gasteiger partial charge < -0.3 is 10.4 Å². The van der Waals surface area contributed by atoms with E-state index in [0.717, 1.165) is 22.9 Å². The van der Waals surface area contributed by atoms with Crippen molar-refractivity contribution in [1.82, 2.24) is 5.32 Å². The molecule has 0 radical (unpaired) electrons. The second-order valence-electron chi connectivity index (χ2n) is 4.00. The van der Waals surface area contributed by atoms with Gasteiger partial charge in [-0.15, -0.1) is 11.3 Å². The fourth-order valence-corrected chi connectivity index (χ4v) is 2.14. The Morgan fingerprint density at radius 3 is 2.89 bits per heavy atom. The fraction of sp³-hybridized carbons (Fsp3) is 0.385. The van der Waals surface area contributed by atoms with Crippen LogP contribution in [0.25, 0.3) is 6.08 Å². The molecule has 0 aromatic carbocycles. The third-order valence-electron chi connectivity index (χ3n) is 2.67. The summed E-state index contributed by atoms with van der Waals surface area (Å²) in [6.07, 6.45) is 3.45. The molecule has 1 atom stereocenters. The van der Waals surface area contributed by atoms with E-state index < -0.39 is 5.97 Å². The minimum atomic E-state index is -0.976. The third kappa shape index (κ3) is 4.33. The number of rotatable bonds is 6. The minimum absolute atomic E-state index is 0.00275. The quantitative estimate of drug-likeness (QED) is 0.778. The average Bonchev–Trinajstić information content (AvgIpc) is 2.79. The van der Waals surface area contributed by atoms with Gasteiger partial charge in [0, 0.05) is 16.9 Å². The number of carbonyl (C=O) groups is 2. The van der Waals surface area contributed by atoms with Crippen LogP contribution in [0.1, 0.15) is 30.7 Å². The molecule has 4 nitrogen and oxygen atoms in total. The third-order valence-corrected chi connectivity index (χ3v) is 3.61. The van der Waals surface area contributed by atoms with Crippen LogP contribution in [-0.2, 0) is 16.1 Å². The van der Waals surface area contributed by atoms with Crippen molar-refractivity contribution < 1.29 is 14.7 Å². The van der Waals surface area contributed by atoms with Gasteiger partial charge in [-0.2, -0.15) is 0 Å². The monoisotopic (exact) mass is 267 g/mol. The number of hydrogen-bond donors (Lipinski definition) is 2. The molecule has 1 rings (SSSR count). The molecule has 1 amide bonds. The first-order valence-electron chi connectivity index (χ1n) is 5.79. The molecule has 2 N–H and O–H groups in total. The number of carboxylic acid groups (broad SMARTS) is 1. The van der Waals surface area contributed by atoms with Gasteiger partial charge in [0.2, 0.25) is 5.91 Å². The molecule has 1 unspecified atom stereocenters. The first-order valence-corrected chi connectivity index (χ1v) is 6.67. The van der Waals surface area contributed by atoms with Crippen molar-refractivity contribution in [3.05, 3.63) is 28.0 Å². The van der Waals surface area contributed by atoms with Gasteiger partial charge in [-0.1, -0.05) is 13.8 Å². The molecule has 0 spiro atoms. The summed E-state index contributed by atoms with van der Waals surface area (Å²) in [7, 11) is 0. The number of carboxylic acids is 1. The summed E-state index contributed by atoms with van der Waals surface area (Å²) < 4.78 is 0. The molecule has 0 bridgehead atoms. The van der Waals surface area contributed by atoms with Crippen LogP contribution in [0.5, 0.6) is 0 Å². The van der Waals surface area contributed by atoms with Crippen LogP contribution in [0.4, 0.5) is 0 Å². The van der Waals surface area contributed by atoms with Gasteiger partial charge in [0.1, 0.15) is 0 Å². The summed E-state index contributed by atoms with van der Waals surface area (Å²) in [6.45, 7) is 4.30. The second-order valence-corrected chi connectivity index (χ2v) is 5.00. The van der Waals surface area contributed by atoms with Crippen molar-refractivity contribution in [2.45, 2.75) is 26.8 Å². The van der Waals surface area contributed by atoms with E-state index in [1.54, 1.807) is 6.08 Å². The lowest BCUT2D eigenvalue weighted by Crippen LogP contribution is -2.28. The molecule has 0 aliphatic carbocycles. The van der Waals surface area contributed by atoms with Gasteiger partial charge in [0.15, 0.2) is 0 Å². The highest BCUT2D eigenvalue weighted by molar-refractivity contribution is 7.10. The van der Waals surface area contributed by atoms with E-state index in [9.17, 15) is 9.59 Å². The number of aliphatic carboxylic acids is 1. The molecule has 0 aliphatic heterocycles. The van der Waals surface area contributed by atoms with Crippen molar-refractivity contribution in [2.75, 3.05) is 0 Å². The predicted octanol–water partition coefficient (Wildman–Crippen LogP) is 2.51. The molecule has 5 heteroatoms. The Morgan fingerprint density at radius 1 is 1.56 bits per heavy atom. The van der Waals surface area contributed by atoms with Gasteiger partial charge in [-0.05, 0) is 29.5 Å². The van der Waals surface area contributed by atoms with Crippen LogP contribution in [0, 0.1) is 5.92 Å². The van der Waals surface area contributed by atoms with E-state index in [1.807, 2.05) is 25.3 Å². The van der Waals surface area contributed by atoms with Crippen LogP contribution in [0.2, 0.25) is 0 Å². The van der Waals surface area contributed by atoms with Crippen LogP contribution in [0.3, 0.4) is 0 Å². The molecule has 0 saturated heterocycles. The van der Waals surface area contributed by atoms with E-state index in [4.69, 9.17) is 5.11 Å². The number of nitrogens with one attached hydrogen (secondary N) is 1. The average molecular weight is 267 g/mol. The summed E-state index contributed by atoms with van der Waals surface area (Å²) in [5.41, 5.74) is 0.840. The number of carbonyl (C=O) groups excluding carboxylic acids is 1. The van der Waals surface area contributed by atoms with Crippen LogP contribution < -0.4 is 5.32 Å². The normalized spacial score (nSPS) is 12.6. The van der Waals surface area contributed by atoms with Crippen molar-refractivity contribution in [3.63, 3.8) is 0 Å². The molecule has 0 fully saturated rings. The van der Waals surface area contributed by atoms with Gasteiger partial charge in [-0.25, -0.2) is 4.79 Å². The van der Waals surface area contributed by atoms with Gasteiger partial charge in [0.05, 0.1) is 6.54 Å². The zero-order chi connectivity index (χ0) is 13.5. The Labute approximate surface area is 110 Å². The summed E-state index contributed by atoms with van der Waals surface area (Å²) >= 11 is 1.50. The van der Waals surface area contributed by atoms with Gasteiger partial charge >= 0.3 is 5.97 Å². The Bertz CT molecular complexity index is 451. The molecular formula is C13H17NO3S. The summed E-state index contributed by atoms with van der Waals surface area (Å²) in [5.74, 6) is -0.946. The maximum absolute atomic E-state index is 11.6. The molecule has 1 aromatic rings.